The zero-order valence-electron chi connectivity index (χ0n) is 12.6. The average Bonchev–Trinajstić information content (AvgIpc) is 3.21. The molecule has 2 heterocycles. The molecule has 1 N–H and O–H groups in total. The molecule has 1 amide bonds. The summed E-state index contributed by atoms with van der Waals surface area (Å²) in [5.74, 6) is -0.389. The van der Waals surface area contributed by atoms with E-state index in [9.17, 15) is 9.90 Å². The fraction of sp³-hybridized carbons (Fsp3) is 0.105. The first-order chi connectivity index (χ1) is 11.6. The molecule has 0 saturated carbocycles. The first kappa shape index (κ1) is 15.0. The zero-order chi connectivity index (χ0) is 16.7. The van der Waals surface area contributed by atoms with Gasteiger partial charge in [-0.15, -0.1) is 0 Å². The summed E-state index contributed by atoms with van der Waals surface area (Å²) >= 11 is 5.92. The van der Waals surface area contributed by atoms with E-state index in [1.54, 1.807) is 29.2 Å². The number of rotatable bonds is 3. The number of aliphatic hydroxyl groups is 1. The molecule has 1 unspecified atom stereocenters. The van der Waals surface area contributed by atoms with Gasteiger partial charge in [0.05, 0.1) is 24.8 Å². The molecule has 1 aliphatic heterocycles. The van der Waals surface area contributed by atoms with Crippen molar-refractivity contribution in [2.24, 2.45) is 0 Å². The van der Waals surface area contributed by atoms with Crippen LogP contribution in [0.4, 0.5) is 5.69 Å². The fourth-order valence-electron chi connectivity index (χ4n) is 3.11. The summed E-state index contributed by atoms with van der Waals surface area (Å²) < 4.78 is 5.08. The molecular formula is C19H14ClNO3. The van der Waals surface area contributed by atoms with Crippen LogP contribution in [-0.4, -0.2) is 11.0 Å². The highest BCUT2D eigenvalue weighted by atomic mass is 35.5. The monoisotopic (exact) mass is 339 g/mol. The summed E-state index contributed by atoms with van der Waals surface area (Å²) in [6, 6.07) is 16.2. The second kappa shape index (κ2) is 5.51. The second-order valence-corrected chi connectivity index (χ2v) is 6.19. The largest absolute Gasteiger partial charge is 0.472 e. The third-order valence-corrected chi connectivity index (χ3v) is 4.58. The molecule has 4 rings (SSSR count). The Balaban J connectivity index is 1.79. The first-order valence-corrected chi connectivity index (χ1v) is 7.89. The van der Waals surface area contributed by atoms with Crippen molar-refractivity contribution in [3.8, 4) is 0 Å². The Morgan fingerprint density at radius 2 is 1.83 bits per heavy atom. The summed E-state index contributed by atoms with van der Waals surface area (Å²) in [7, 11) is 0. The van der Waals surface area contributed by atoms with Gasteiger partial charge in [-0.3, -0.25) is 4.79 Å². The summed E-state index contributed by atoms with van der Waals surface area (Å²) in [6.45, 7) is 0.354. The van der Waals surface area contributed by atoms with Gasteiger partial charge in [-0.1, -0.05) is 41.9 Å². The zero-order valence-corrected chi connectivity index (χ0v) is 13.4. The van der Waals surface area contributed by atoms with Crippen molar-refractivity contribution in [1.29, 1.82) is 0 Å². The quantitative estimate of drug-likeness (QED) is 0.791. The van der Waals surface area contributed by atoms with Gasteiger partial charge in [0.2, 0.25) is 0 Å². The van der Waals surface area contributed by atoms with Crippen LogP contribution < -0.4 is 4.90 Å². The van der Waals surface area contributed by atoms with Gasteiger partial charge in [-0.25, -0.2) is 0 Å². The number of para-hydroxylation sites is 1. The molecule has 1 atom stereocenters. The lowest BCUT2D eigenvalue weighted by atomic mass is 9.89. The second-order valence-electron chi connectivity index (χ2n) is 5.76. The summed E-state index contributed by atoms with van der Waals surface area (Å²) in [4.78, 5) is 14.7. The number of hydrogen-bond acceptors (Lipinski definition) is 3. The van der Waals surface area contributed by atoms with Gasteiger partial charge in [0.1, 0.15) is 0 Å². The molecule has 0 spiro atoms. The lowest BCUT2D eigenvalue weighted by Crippen LogP contribution is -2.40. The average molecular weight is 340 g/mol. The van der Waals surface area contributed by atoms with Gasteiger partial charge in [0.25, 0.3) is 5.91 Å². The van der Waals surface area contributed by atoms with Gasteiger partial charge in [-0.05, 0) is 29.8 Å². The molecule has 0 radical (unpaired) electrons. The van der Waals surface area contributed by atoms with Crippen molar-refractivity contribution in [3.05, 3.63) is 88.8 Å². The van der Waals surface area contributed by atoms with Crippen LogP contribution in [0.2, 0.25) is 5.02 Å². The molecule has 3 aromatic rings. The third kappa shape index (κ3) is 2.15. The molecule has 5 heteroatoms. The van der Waals surface area contributed by atoms with E-state index in [1.807, 2.05) is 30.3 Å². The van der Waals surface area contributed by atoms with Crippen LogP contribution in [0.3, 0.4) is 0 Å². The van der Waals surface area contributed by atoms with E-state index in [0.717, 1.165) is 5.56 Å². The molecular weight excluding hydrogens is 326 g/mol. The molecule has 0 saturated heterocycles. The SMILES string of the molecule is O=C1N(Cc2ccc(Cl)cc2)c2ccccc2C1(O)c1ccoc1. The lowest BCUT2D eigenvalue weighted by molar-refractivity contribution is -0.132. The summed E-state index contributed by atoms with van der Waals surface area (Å²) in [5.41, 5.74) is 0.889. The van der Waals surface area contributed by atoms with Crippen LogP contribution >= 0.6 is 11.6 Å². The predicted molar refractivity (Wildman–Crippen MR) is 90.8 cm³/mol. The van der Waals surface area contributed by atoms with Crippen LogP contribution in [0.1, 0.15) is 16.7 Å². The number of furan rings is 1. The number of benzene rings is 2. The Morgan fingerprint density at radius 3 is 2.54 bits per heavy atom. The number of halogens is 1. The highest BCUT2D eigenvalue weighted by Gasteiger charge is 2.51. The summed E-state index contributed by atoms with van der Waals surface area (Å²) in [6.07, 6.45) is 2.85. The van der Waals surface area contributed by atoms with Crippen molar-refractivity contribution in [2.45, 2.75) is 12.1 Å². The number of carbonyl (C=O) groups excluding carboxylic acids is 1. The minimum absolute atomic E-state index is 0.354. The van der Waals surface area contributed by atoms with Gasteiger partial charge in [-0.2, -0.15) is 0 Å². The summed E-state index contributed by atoms with van der Waals surface area (Å²) in [5, 5.41) is 11.8. The van der Waals surface area contributed by atoms with E-state index in [-0.39, 0.29) is 5.91 Å². The Hall–Kier alpha value is -2.56. The van der Waals surface area contributed by atoms with Gasteiger partial charge in [0.15, 0.2) is 5.60 Å². The third-order valence-electron chi connectivity index (χ3n) is 4.33. The van der Waals surface area contributed by atoms with Gasteiger partial charge < -0.3 is 14.4 Å². The Kier molecular flexibility index (Phi) is 3.44. The molecule has 24 heavy (non-hydrogen) atoms. The normalized spacial score (nSPS) is 19.6. The van der Waals surface area contributed by atoms with Gasteiger partial charge >= 0.3 is 0 Å². The highest BCUT2D eigenvalue weighted by molar-refractivity contribution is 6.30. The van der Waals surface area contributed by atoms with E-state index in [1.165, 1.54) is 12.5 Å². The van der Waals surface area contributed by atoms with E-state index in [4.69, 9.17) is 16.0 Å². The molecule has 2 aromatic carbocycles. The molecule has 1 aliphatic rings. The Bertz CT molecular complexity index is 889. The first-order valence-electron chi connectivity index (χ1n) is 7.51. The van der Waals surface area contributed by atoms with Crippen LogP contribution in [0.5, 0.6) is 0 Å². The lowest BCUT2D eigenvalue weighted by Gasteiger charge is -2.22. The maximum Gasteiger partial charge on any atom is 0.268 e. The number of fused-ring (bicyclic) bond motifs is 1. The predicted octanol–water partition coefficient (Wildman–Crippen LogP) is 3.72. The van der Waals surface area contributed by atoms with Gasteiger partial charge in [0, 0.05) is 16.1 Å². The molecule has 0 fully saturated rings. The Morgan fingerprint density at radius 1 is 1.08 bits per heavy atom. The smallest absolute Gasteiger partial charge is 0.268 e. The molecule has 0 bridgehead atoms. The maximum absolute atomic E-state index is 13.1. The van der Waals surface area contributed by atoms with E-state index < -0.39 is 5.60 Å². The molecule has 4 nitrogen and oxygen atoms in total. The van der Waals surface area contributed by atoms with Crippen LogP contribution in [0.15, 0.2) is 71.5 Å². The van der Waals surface area contributed by atoms with Crippen molar-refractivity contribution in [1.82, 2.24) is 0 Å². The van der Waals surface area contributed by atoms with E-state index >= 15 is 0 Å². The highest BCUT2D eigenvalue weighted by Crippen LogP contribution is 2.45. The number of anilines is 1. The maximum atomic E-state index is 13.1. The number of amides is 1. The van der Waals surface area contributed by atoms with E-state index in [2.05, 4.69) is 0 Å². The minimum Gasteiger partial charge on any atom is -0.472 e. The van der Waals surface area contributed by atoms with Crippen molar-refractivity contribution < 1.29 is 14.3 Å². The van der Waals surface area contributed by atoms with Crippen LogP contribution in [0, 0.1) is 0 Å². The molecule has 0 aliphatic carbocycles. The van der Waals surface area contributed by atoms with Crippen molar-refractivity contribution in [3.63, 3.8) is 0 Å². The fourth-order valence-corrected chi connectivity index (χ4v) is 3.24. The minimum atomic E-state index is -1.73. The topological polar surface area (TPSA) is 53.7 Å². The number of nitrogens with zero attached hydrogens (tertiary/aromatic N) is 1. The number of hydrogen-bond donors (Lipinski definition) is 1. The van der Waals surface area contributed by atoms with E-state index in [0.29, 0.717) is 28.4 Å². The standard InChI is InChI=1S/C19H14ClNO3/c20-15-7-5-13(6-8-15)11-21-17-4-2-1-3-16(17)19(23,18(21)22)14-9-10-24-12-14/h1-10,12,23H,11H2. The molecule has 1 aromatic heterocycles. The van der Waals surface area contributed by atoms with Crippen LogP contribution in [-0.2, 0) is 16.9 Å². The number of carbonyl (C=O) groups is 1. The van der Waals surface area contributed by atoms with Crippen molar-refractivity contribution >= 4 is 23.2 Å². The molecule has 120 valence electrons. The Labute approximate surface area is 143 Å². The van der Waals surface area contributed by atoms with Crippen LogP contribution in [0.25, 0.3) is 0 Å². The van der Waals surface area contributed by atoms with Crippen molar-refractivity contribution in [2.75, 3.05) is 4.90 Å².